The fourth-order valence-electron chi connectivity index (χ4n) is 12.9. The number of carbonyl (C=O) groups is 3. The zero-order chi connectivity index (χ0) is 42.4. The van der Waals surface area contributed by atoms with Gasteiger partial charge in [0.25, 0.3) is 0 Å². The Kier molecular flexibility index (Phi) is 12.4. The molecule has 4 fully saturated rings. The highest BCUT2D eigenvalue weighted by Gasteiger charge is 2.66. The lowest BCUT2D eigenvalue weighted by Gasteiger charge is -2.64. The van der Waals surface area contributed by atoms with Gasteiger partial charge in [-0.05, 0) is 149 Å². The number of aromatic nitrogens is 1. The van der Waals surface area contributed by atoms with Crippen LogP contribution in [0.4, 0.5) is 10.5 Å². The zero-order valence-corrected chi connectivity index (χ0v) is 36.3. The van der Waals surface area contributed by atoms with Crippen molar-refractivity contribution in [1.82, 2.24) is 9.88 Å². The quantitative estimate of drug-likeness (QED) is 0.132. The van der Waals surface area contributed by atoms with Crippen LogP contribution in [0.3, 0.4) is 0 Å². The first-order valence-electron chi connectivity index (χ1n) is 22.2. The highest BCUT2D eigenvalue weighted by molar-refractivity contribution is 6.08. The van der Waals surface area contributed by atoms with E-state index in [-0.39, 0.29) is 71.1 Å². The normalized spacial score (nSPS) is 33.0. The maximum absolute atomic E-state index is 12.8. The number of imide groups is 1. The molecule has 10 nitrogen and oxygen atoms in total. The third kappa shape index (κ3) is 8.06. The van der Waals surface area contributed by atoms with Gasteiger partial charge in [-0.15, -0.1) is 0 Å². The van der Waals surface area contributed by atoms with Crippen LogP contribution in [-0.2, 0) is 22.5 Å². The number of ketones is 1. The summed E-state index contributed by atoms with van der Waals surface area (Å²) in [5.74, 6) is 0.741. The summed E-state index contributed by atoms with van der Waals surface area (Å²) in [5.41, 5.74) is 3.98. The van der Waals surface area contributed by atoms with Gasteiger partial charge in [0.05, 0.1) is 46.9 Å². The number of anilines is 1. The molecule has 0 radical (unpaired) electrons. The number of pyridine rings is 1. The minimum atomic E-state index is -0.830. The van der Waals surface area contributed by atoms with Gasteiger partial charge < -0.3 is 25.4 Å². The monoisotopic (exact) mass is 809 g/mol. The number of hydrogen-bond donors (Lipinski definition) is 4. The molecular formula is C49H67N3O7. The Balaban J connectivity index is 0.985. The van der Waals surface area contributed by atoms with Gasteiger partial charge in [-0.1, -0.05) is 63.2 Å². The number of benzene rings is 2. The van der Waals surface area contributed by atoms with Gasteiger partial charge in [0.15, 0.2) is 5.78 Å². The van der Waals surface area contributed by atoms with E-state index in [1.807, 2.05) is 31.2 Å². The summed E-state index contributed by atoms with van der Waals surface area (Å²) in [6.45, 7) is 12.7. The molecule has 11 atom stereocenters. The minimum absolute atomic E-state index is 0.0185. The van der Waals surface area contributed by atoms with Gasteiger partial charge >= 0.3 is 6.09 Å². The summed E-state index contributed by atoms with van der Waals surface area (Å²) in [7, 11) is 1.46. The standard InChI is InChI=1S/C49H67N3O7/c1-8-59-46(57)52(7)42(56)19-16-29(2)36-17-18-37-44-38(26-41(55)48(36,37)6)47(5)22-23-49(58,27-34(47)25-40(44)54)21-20-32-12-11-13-33(24-32)28-50-45-35-14-9-10-15-39(35)51-30(3)43(45)31(4)53/h9-15,24,29,34,36-38,40-41,44,54-55,58H,8,16-23,25-28H2,1-7H3,(H,50,51)/t29?,34?,36-,37?,38?,40-,41+,44?,47+,48-,49-/m1/s1. The molecule has 3 aromatic rings. The first-order chi connectivity index (χ1) is 28.0. The first kappa shape index (κ1) is 43.2. The van der Waals surface area contributed by atoms with Gasteiger partial charge in [-0.3, -0.25) is 19.5 Å². The minimum Gasteiger partial charge on any atom is -0.449 e. The Morgan fingerprint density at radius 3 is 2.51 bits per heavy atom. The third-order valence-electron chi connectivity index (χ3n) is 16.2. The van der Waals surface area contributed by atoms with Crippen LogP contribution in [0.15, 0.2) is 48.5 Å². The molecule has 59 heavy (non-hydrogen) atoms. The van der Waals surface area contributed by atoms with E-state index >= 15 is 0 Å². The molecule has 0 spiro atoms. The highest BCUT2D eigenvalue weighted by atomic mass is 16.6. The fraction of sp³-hybridized carbons (Fsp3) is 0.633. The second-order valence-corrected chi connectivity index (χ2v) is 19.4. The molecule has 1 heterocycles. The SMILES string of the molecule is CCOC(=O)N(C)C(=O)CCC(C)[C@H]1CCC2C3C(C[C@H](O)[C@@]21C)[C@@]1(C)CC[C@](O)(CCc2cccc(CNc4c(C(C)=O)c(C)nc5ccccc45)c2)CC1C[C@H]3O. The highest BCUT2D eigenvalue weighted by Crippen LogP contribution is 2.69. The van der Waals surface area contributed by atoms with Crippen molar-refractivity contribution in [2.45, 2.75) is 137 Å². The number of nitrogens with zero attached hydrogens (tertiary/aromatic N) is 2. The summed E-state index contributed by atoms with van der Waals surface area (Å²) < 4.78 is 5.01. The number of fused-ring (bicyclic) bond motifs is 6. The smallest absolute Gasteiger partial charge is 0.416 e. The molecule has 2 aromatic carbocycles. The van der Waals surface area contributed by atoms with Crippen LogP contribution in [0, 0.1) is 53.3 Å². The molecule has 7 rings (SSSR count). The average Bonchev–Trinajstić information content (AvgIpc) is 3.57. The summed E-state index contributed by atoms with van der Waals surface area (Å²) >= 11 is 0. The summed E-state index contributed by atoms with van der Waals surface area (Å²) in [6.07, 6.45) is 6.08. The number of aryl methyl sites for hydroxylation is 2. The number of rotatable bonds is 12. The lowest BCUT2D eigenvalue weighted by molar-refractivity contribution is -0.216. The summed E-state index contributed by atoms with van der Waals surface area (Å²) in [6, 6.07) is 16.4. The predicted octanol–water partition coefficient (Wildman–Crippen LogP) is 8.65. The van der Waals surface area contributed by atoms with Crippen LogP contribution in [-0.4, -0.2) is 74.5 Å². The lowest BCUT2D eigenvalue weighted by atomic mass is 9.42. The Bertz CT molecular complexity index is 2050. The molecule has 4 N–H and O–H groups in total. The number of carbonyl (C=O) groups excluding carboxylic acids is 3. The number of amides is 2. The van der Waals surface area contributed by atoms with Crippen molar-refractivity contribution in [3.05, 3.63) is 70.9 Å². The van der Waals surface area contributed by atoms with Crippen LogP contribution < -0.4 is 5.32 Å². The van der Waals surface area contributed by atoms with Gasteiger partial charge in [-0.2, -0.15) is 0 Å². The fourth-order valence-corrected chi connectivity index (χ4v) is 12.9. The molecule has 320 valence electrons. The molecule has 4 aliphatic carbocycles. The maximum Gasteiger partial charge on any atom is 0.416 e. The van der Waals surface area contributed by atoms with Crippen molar-refractivity contribution in [2.24, 2.45) is 46.3 Å². The molecule has 0 aliphatic heterocycles. The van der Waals surface area contributed by atoms with E-state index in [0.29, 0.717) is 56.3 Å². The number of Topliss-reactive ketones (excluding diaryl/α,β-unsaturated/α-hetero) is 1. The van der Waals surface area contributed by atoms with E-state index in [0.717, 1.165) is 58.3 Å². The van der Waals surface area contributed by atoms with Crippen LogP contribution in [0.25, 0.3) is 10.9 Å². The molecule has 0 bridgehead atoms. The van der Waals surface area contributed by atoms with Gasteiger partial charge in [0, 0.05) is 25.4 Å². The van der Waals surface area contributed by atoms with Gasteiger partial charge in [0.2, 0.25) is 5.91 Å². The predicted molar refractivity (Wildman–Crippen MR) is 230 cm³/mol. The topological polar surface area (TPSA) is 149 Å². The number of aliphatic hydroxyl groups excluding tert-OH is 2. The average molecular weight is 810 g/mol. The Hall–Kier alpha value is -3.86. The molecule has 4 aliphatic rings. The van der Waals surface area contributed by atoms with Crippen molar-refractivity contribution >= 4 is 34.4 Å². The molecule has 10 heteroatoms. The van der Waals surface area contributed by atoms with Crippen LogP contribution in [0.1, 0.15) is 126 Å². The Morgan fingerprint density at radius 1 is 1.02 bits per heavy atom. The number of hydrogen-bond acceptors (Lipinski definition) is 9. The number of ether oxygens (including phenoxy) is 1. The number of nitrogens with one attached hydrogen (secondary N) is 1. The van der Waals surface area contributed by atoms with E-state index in [9.17, 15) is 29.7 Å². The van der Waals surface area contributed by atoms with Crippen molar-refractivity contribution in [3.8, 4) is 0 Å². The van der Waals surface area contributed by atoms with Crippen molar-refractivity contribution in [2.75, 3.05) is 19.0 Å². The molecule has 1 aromatic heterocycles. The van der Waals surface area contributed by atoms with Crippen molar-refractivity contribution in [3.63, 3.8) is 0 Å². The number of aliphatic hydroxyl groups is 3. The zero-order valence-electron chi connectivity index (χ0n) is 36.3. The third-order valence-corrected chi connectivity index (χ3v) is 16.2. The van der Waals surface area contributed by atoms with Gasteiger partial charge in [-0.25, -0.2) is 4.79 Å². The van der Waals surface area contributed by atoms with E-state index in [1.165, 1.54) is 7.05 Å². The second-order valence-electron chi connectivity index (χ2n) is 19.4. The Labute approximate surface area is 350 Å². The summed E-state index contributed by atoms with van der Waals surface area (Å²) in [5, 5.41) is 40.8. The molecule has 5 unspecified atom stereocenters. The second kappa shape index (κ2) is 16.9. The maximum atomic E-state index is 12.8. The first-order valence-corrected chi connectivity index (χ1v) is 22.2. The van der Waals surface area contributed by atoms with Crippen LogP contribution >= 0.6 is 0 Å². The van der Waals surface area contributed by atoms with E-state index in [4.69, 9.17) is 4.74 Å². The molecule has 2 amide bonds. The molecule has 0 saturated heterocycles. The van der Waals surface area contributed by atoms with Gasteiger partial charge in [0.1, 0.15) is 0 Å². The summed E-state index contributed by atoms with van der Waals surface area (Å²) in [4.78, 5) is 43.4. The van der Waals surface area contributed by atoms with Crippen molar-refractivity contribution < 1.29 is 34.4 Å². The molecule has 4 saturated carbocycles. The van der Waals surface area contributed by atoms with Crippen LogP contribution in [0.5, 0.6) is 0 Å². The Morgan fingerprint density at radius 2 is 1.76 bits per heavy atom. The largest absolute Gasteiger partial charge is 0.449 e. The van der Waals surface area contributed by atoms with E-state index in [1.54, 1.807) is 13.8 Å². The molecular weight excluding hydrogens is 743 g/mol. The van der Waals surface area contributed by atoms with E-state index in [2.05, 4.69) is 55.3 Å². The lowest BCUT2D eigenvalue weighted by Crippen LogP contribution is -2.63. The van der Waals surface area contributed by atoms with Crippen molar-refractivity contribution in [1.29, 1.82) is 0 Å². The number of para-hydroxylation sites is 1. The van der Waals surface area contributed by atoms with Crippen LogP contribution in [0.2, 0.25) is 0 Å². The van der Waals surface area contributed by atoms with E-state index < -0.39 is 23.9 Å².